The quantitative estimate of drug-likeness (QED) is 0.596. The van der Waals surface area contributed by atoms with E-state index in [1.165, 1.54) is 11.8 Å². The molecule has 0 aromatic heterocycles. The van der Waals surface area contributed by atoms with Gasteiger partial charge in [-0.3, -0.25) is 0 Å². The monoisotopic (exact) mass is 254 g/mol. The summed E-state index contributed by atoms with van der Waals surface area (Å²) in [7, 11) is 0. The smallest absolute Gasteiger partial charge is 0.337 e. The number of aliphatic hydroxyl groups excluding tert-OH is 1. The molecular weight excluding hydrogens is 240 g/mol. The van der Waals surface area contributed by atoms with Gasteiger partial charge in [0.2, 0.25) is 0 Å². The second-order valence-corrected chi connectivity index (χ2v) is 4.37. The van der Waals surface area contributed by atoms with Gasteiger partial charge in [0, 0.05) is 16.9 Å². The third kappa shape index (κ3) is 3.57. The minimum atomic E-state index is -1.50. The van der Waals surface area contributed by atoms with Crippen LogP contribution in [0.15, 0.2) is 23.1 Å². The van der Waals surface area contributed by atoms with E-state index >= 15 is 0 Å². The summed E-state index contributed by atoms with van der Waals surface area (Å²) in [6, 6.07) is 5.16. The number of rotatable bonds is 6. The maximum absolute atomic E-state index is 10.7. The van der Waals surface area contributed by atoms with Crippen LogP contribution >= 0.6 is 11.8 Å². The number of aliphatic hydroxyl groups is 1. The van der Waals surface area contributed by atoms with Crippen molar-refractivity contribution in [2.75, 3.05) is 6.26 Å². The first kappa shape index (κ1) is 13.7. The van der Waals surface area contributed by atoms with E-state index in [1.807, 2.05) is 12.3 Å². The van der Waals surface area contributed by atoms with Gasteiger partial charge in [0.05, 0.1) is 0 Å². The lowest BCUT2D eigenvalue weighted by atomic mass is 10.0. The first-order valence-electron chi connectivity index (χ1n) is 5.11. The largest absolute Gasteiger partial charge is 0.479 e. The molecule has 1 unspecified atom stereocenters. The summed E-state index contributed by atoms with van der Waals surface area (Å²) in [6.07, 6.45) is 2.22. The summed E-state index contributed by atoms with van der Waals surface area (Å²) < 4.78 is 0. The van der Waals surface area contributed by atoms with Crippen LogP contribution in [0.25, 0.3) is 0 Å². The highest BCUT2D eigenvalue weighted by Crippen LogP contribution is 2.27. The van der Waals surface area contributed by atoms with E-state index in [2.05, 4.69) is 0 Å². The summed E-state index contributed by atoms with van der Waals surface area (Å²) in [4.78, 5) is 21.7. The molecule has 0 heterocycles. The van der Waals surface area contributed by atoms with E-state index < -0.39 is 12.1 Å². The lowest BCUT2D eigenvalue weighted by Crippen LogP contribution is -2.11. The Hall–Kier alpha value is -1.33. The zero-order valence-corrected chi connectivity index (χ0v) is 10.2. The van der Waals surface area contributed by atoms with E-state index in [1.54, 1.807) is 12.1 Å². The Balaban J connectivity index is 3.00. The molecule has 0 saturated heterocycles. The number of thioether (sulfide) groups is 1. The molecule has 1 aromatic rings. The molecule has 0 aliphatic rings. The van der Waals surface area contributed by atoms with Gasteiger partial charge in [0.15, 0.2) is 6.10 Å². The van der Waals surface area contributed by atoms with Crippen LogP contribution < -0.4 is 0 Å². The standard InChI is InChI=1S/C12H14O4S/c1-17-10-7-8(3-2-6-13)4-5-9(10)11(14)12(15)16/h4-7,11,14H,2-3H2,1H3,(H,15,16). The van der Waals surface area contributed by atoms with Crippen molar-refractivity contribution in [2.45, 2.75) is 23.8 Å². The zero-order chi connectivity index (χ0) is 12.8. The molecule has 1 atom stereocenters. The summed E-state index contributed by atoms with van der Waals surface area (Å²) in [6.45, 7) is 0. The minimum Gasteiger partial charge on any atom is -0.479 e. The number of benzene rings is 1. The normalized spacial score (nSPS) is 12.1. The number of aldehydes is 1. The van der Waals surface area contributed by atoms with Gasteiger partial charge in [-0.25, -0.2) is 4.79 Å². The summed E-state index contributed by atoms with van der Waals surface area (Å²) in [5.74, 6) is -1.26. The van der Waals surface area contributed by atoms with Crippen molar-refractivity contribution in [3.8, 4) is 0 Å². The van der Waals surface area contributed by atoms with Crippen molar-refractivity contribution in [1.29, 1.82) is 0 Å². The lowest BCUT2D eigenvalue weighted by molar-refractivity contribution is -0.147. The van der Waals surface area contributed by atoms with Crippen molar-refractivity contribution >= 4 is 24.0 Å². The van der Waals surface area contributed by atoms with E-state index in [0.717, 1.165) is 16.7 Å². The maximum Gasteiger partial charge on any atom is 0.337 e. The van der Waals surface area contributed by atoms with Gasteiger partial charge in [0.25, 0.3) is 0 Å². The Morgan fingerprint density at radius 1 is 1.53 bits per heavy atom. The molecule has 92 valence electrons. The van der Waals surface area contributed by atoms with Crippen molar-refractivity contribution < 1.29 is 19.8 Å². The van der Waals surface area contributed by atoms with Gasteiger partial charge in [-0.15, -0.1) is 11.8 Å². The molecule has 17 heavy (non-hydrogen) atoms. The average molecular weight is 254 g/mol. The summed E-state index contributed by atoms with van der Waals surface area (Å²) in [5, 5.41) is 18.3. The number of aryl methyl sites for hydroxylation is 1. The molecule has 2 N–H and O–H groups in total. The van der Waals surface area contributed by atoms with E-state index in [-0.39, 0.29) is 0 Å². The highest BCUT2D eigenvalue weighted by atomic mass is 32.2. The van der Waals surface area contributed by atoms with Crippen LogP contribution in [0.5, 0.6) is 0 Å². The maximum atomic E-state index is 10.7. The van der Waals surface area contributed by atoms with Crippen molar-refractivity contribution in [1.82, 2.24) is 0 Å². The van der Waals surface area contributed by atoms with Crippen LogP contribution in [0.3, 0.4) is 0 Å². The van der Waals surface area contributed by atoms with Crippen LogP contribution in [0.4, 0.5) is 0 Å². The number of carbonyl (C=O) groups is 2. The highest BCUT2D eigenvalue weighted by Gasteiger charge is 2.19. The molecule has 1 aromatic carbocycles. The molecule has 0 fully saturated rings. The zero-order valence-electron chi connectivity index (χ0n) is 9.42. The predicted molar refractivity (Wildman–Crippen MR) is 65.2 cm³/mol. The molecule has 5 heteroatoms. The Morgan fingerprint density at radius 2 is 2.24 bits per heavy atom. The fourth-order valence-corrected chi connectivity index (χ4v) is 2.18. The topological polar surface area (TPSA) is 74.6 Å². The van der Waals surface area contributed by atoms with Crippen LogP contribution in [0.1, 0.15) is 23.7 Å². The first-order chi connectivity index (χ1) is 8.10. The van der Waals surface area contributed by atoms with E-state index in [9.17, 15) is 14.7 Å². The van der Waals surface area contributed by atoms with Crippen molar-refractivity contribution in [3.05, 3.63) is 29.3 Å². The fourth-order valence-electron chi connectivity index (χ4n) is 1.50. The first-order valence-corrected chi connectivity index (χ1v) is 6.34. The molecule has 4 nitrogen and oxygen atoms in total. The van der Waals surface area contributed by atoms with Gasteiger partial charge < -0.3 is 15.0 Å². The lowest BCUT2D eigenvalue weighted by Gasteiger charge is -2.12. The molecular formula is C12H14O4S. The van der Waals surface area contributed by atoms with Gasteiger partial charge >= 0.3 is 5.97 Å². The summed E-state index contributed by atoms with van der Waals surface area (Å²) in [5.41, 5.74) is 1.35. The predicted octanol–water partition coefficient (Wildman–Crippen LogP) is 1.66. The number of carboxylic acid groups (broad SMARTS) is 1. The Bertz CT molecular complexity index is 417. The average Bonchev–Trinajstić information content (AvgIpc) is 2.34. The van der Waals surface area contributed by atoms with Crippen LogP contribution in [-0.2, 0) is 16.0 Å². The van der Waals surface area contributed by atoms with Gasteiger partial charge in [0.1, 0.15) is 6.29 Å². The van der Waals surface area contributed by atoms with E-state index in [4.69, 9.17) is 5.11 Å². The number of hydrogen-bond donors (Lipinski definition) is 2. The molecule has 0 amide bonds. The fraction of sp³-hybridized carbons (Fsp3) is 0.333. The molecule has 1 rings (SSSR count). The summed E-state index contributed by atoms with van der Waals surface area (Å²) >= 11 is 1.38. The van der Waals surface area contributed by atoms with Crippen LogP contribution in [0, 0.1) is 0 Å². The molecule has 0 aliphatic carbocycles. The Morgan fingerprint density at radius 3 is 2.76 bits per heavy atom. The SMILES string of the molecule is CSc1cc(CCC=O)ccc1C(O)C(=O)O. The minimum absolute atomic E-state index is 0.389. The van der Waals surface area contributed by atoms with Gasteiger partial charge in [-0.2, -0.15) is 0 Å². The van der Waals surface area contributed by atoms with E-state index in [0.29, 0.717) is 18.4 Å². The molecule has 0 aliphatic heterocycles. The Labute approximate surface area is 104 Å². The van der Waals surface area contributed by atoms with Gasteiger partial charge in [-0.1, -0.05) is 12.1 Å². The van der Waals surface area contributed by atoms with Gasteiger partial charge in [-0.05, 0) is 24.3 Å². The van der Waals surface area contributed by atoms with Crippen LogP contribution in [-0.4, -0.2) is 28.7 Å². The third-order valence-corrected chi connectivity index (χ3v) is 3.17. The highest BCUT2D eigenvalue weighted by molar-refractivity contribution is 7.98. The number of carbonyl (C=O) groups excluding carboxylic acids is 1. The molecule has 0 radical (unpaired) electrons. The second kappa shape index (κ2) is 6.42. The third-order valence-electron chi connectivity index (χ3n) is 2.38. The molecule has 0 spiro atoms. The molecule has 0 saturated carbocycles. The number of carboxylic acids is 1. The Kier molecular flexibility index (Phi) is 5.18. The number of aliphatic carboxylic acids is 1. The second-order valence-electron chi connectivity index (χ2n) is 3.52. The number of hydrogen-bond acceptors (Lipinski definition) is 4. The van der Waals surface area contributed by atoms with Crippen molar-refractivity contribution in [3.63, 3.8) is 0 Å². The van der Waals surface area contributed by atoms with Crippen molar-refractivity contribution in [2.24, 2.45) is 0 Å². The molecule has 0 bridgehead atoms. The van der Waals surface area contributed by atoms with Crippen LogP contribution in [0.2, 0.25) is 0 Å².